The number of aryl methyl sites for hydroxylation is 2. The van der Waals surface area contributed by atoms with Gasteiger partial charge in [-0.3, -0.25) is 4.68 Å². The van der Waals surface area contributed by atoms with Crippen molar-refractivity contribution in [3.05, 3.63) is 28.5 Å². The fourth-order valence-corrected chi connectivity index (χ4v) is 2.69. The molecule has 0 aromatic carbocycles. The van der Waals surface area contributed by atoms with Crippen LogP contribution in [0.15, 0.2) is 11.4 Å². The maximum Gasteiger partial charge on any atom is 0.0928 e. The van der Waals surface area contributed by atoms with Gasteiger partial charge in [-0.2, -0.15) is 5.10 Å². The van der Waals surface area contributed by atoms with Crippen LogP contribution < -0.4 is 5.32 Å². The molecule has 6 heteroatoms. The van der Waals surface area contributed by atoms with Gasteiger partial charge in [-0.25, -0.2) is 0 Å². The van der Waals surface area contributed by atoms with Crippen LogP contribution in [0.25, 0.3) is 0 Å². The molecule has 0 fully saturated rings. The first-order valence-electron chi connectivity index (χ1n) is 6.84. The van der Waals surface area contributed by atoms with Crippen molar-refractivity contribution in [3.8, 4) is 0 Å². The summed E-state index contributed by atoms with van der Waals surface area (Å²) >= 11 is 1.40. The van der Waals surface area contributed by atoms with E-state index in [9.17, 15) is 0 Å². The summed E-state index contributed by atoms with van der Waals surface area (Å²) in [6.45, 7) is 8.20. The third-order valence-corrected chi connectivity index (χ3v) is 3.70. The van der Waals surface area contributed by atoms with E-state index in [1.165, 1.54) is 17.2 Å². The SMILES string of the molecule is CCNC(Cc1cc(CC)nn1CC)c1csnn1. The van der Waals surface area contributed by atoms with Gasteiger partial charge >= 0.3 is 0 Å². The summed E-state index contributed by atoms with van der Waals surface area (Å²) < 4.78 is 6.05. The van der Waals surface area contributed by atoms with E-state index in [0.717, 1.165) is 37.3 Å². The molecule has 0 aliphatic carbocycles. The Morgan fingerprint density at radius 1 is 1.37 bits per heavy atom. The van der Waals surface area contributed by atoms with Crippen LogP contribution in [0.3, 0.4) is 0 Å². The fraction of sp³-hybridized carbons (Fsp3) is 0.615. The van der Waals surface area contributed by atoms with Gasteiger partial charge in [-0.05, 0) is 37.5 Å². The average Bonchev–Trinajstić information content (AvgIpc) is 3.07. The fourth-order valence-electron chi connectivity index (χ4n) is 2.19. The van der Waals surface area contributed by atoms with Crippen LogP contribution in [-0.2, 0) is 19.4 Å². The first-order chi connectivity index (χ1) is 9.28. The highest BCUT2D eigenvalue weighted by Gasteiger charge is 2.17. The van der Waals surface area contributed by atoms with Gasteiger partial charge in [0, 0.05) is 24.0 Å². The number of hydrogen-bond donors (Lipinski definition) is 1. The van der Waals surface area contributed by atoms with E-state index in [0.29, 0.717) is 0 Å². The topological polar surface area (TPSA) is 55.6 Å². The molecular weight excluding hydrogens is 258 g/mol. The van der Waals surface area contributed by atoms with Crippen LogP contribution >= 0.6 is 11.5 Å². The minimum absolute atomic E-state index is 0.218. The molecule has 0 radical (unpaired) electrons. The van der Waals surface area contributed by atoms with E-state index in [1.807, 2.05) is 5.38 Å². The van der Waals surface area contributed by atoms with Crippen molar-refractivity contribution in [2.75, 3.05) is 6.54 Å². The lowest BCUT2D eigenvalue weighted by Crippen LogP contribution is -2.24. The molecule has 104 valence electrons. The molecule has 5 nitrogen and oxygen atoms in total. The van der Waals surface area contributed by atoms with Crippen LogP contribution in [0, 0.1) is 0 Å². The van der Waals surface area contributed by atoms with Crippen molar-refractivity contribution in [2.24, 2.45) is 0 Å². The molecule has 19 heavy (non-hydrogen) atoms. The zero-order chi connectivity index (χ0) is 13.7. The monoisotopic (exact) mass is 279 g/mol. The lowest BCUT2D eigenvalue weighted by Gasteiger charge is -2.15. The van der Waals surface area contributed by atoms with E-state index in [-0.39, 0.29) is 6.04 Å². The molecule has 0 amide bonds. The van der Waals surface area contributed by atoms with Crippen molar-refractivity contribution < 1.29 is 0 Å². The van der Waals surface area contributed by atoms with Crippen molar-refractivity contribution >= 4 is 11.5 Å². The third kappa shape index (κ3) is 3.39. The van der Waals surface area contributed by atoms with Crippen molar-refractivity contribution in [1.82, 2.24) is 24.7 Å². The number of aromatic nitrogens is 4. The lowest BCUT2D eigenvalue weighted by atomic mass is 10.1. The Balaban J connectivity index is 2.19. The molecule has 2 rings (SSSR count). The number of rotatable bonds is 7. The smallest absolute Gasteiger partial charge is 0.0928 e. The zero-order valence-corrected chi connectivity index (χ0v) is 12.6. The maximum atomic E-state index is 4.60. The Bertz CT molecular complexity index is 491. The lowest BCUT2D eigenvalue weighted by molar-refractivity contribution is 0.505. The molecule has 0 saturated heterocycles. The van der Waals surface area contributed by atoms with Crippen molar-refractivity contribution in [2.45, 2.75) is 46.2 Å². The second-order valence-corrected chi connectivity index (χ2v) is 5.05. The van der Waals surface area contributed by atoms with Crippen molar-refractivity contribution in [1.29, 1.82) is 0 Å². The van der Waals surface area contributed by atoms with E-state index in [1.54, 1.807) is 0 Å². The Hall–Kier alpha value is -1.27. The van der Waals surface area contributed by atoms with E-state index in [4.69, 9.17) is 0 Å². The highest BCUT2D eigenvalue weighted by molar-refractivity contribution is 7.03. The Labute approximate surface area is 118 Å². The number of hydrogen-bond acceptors (Lipinski definition) is 5. The summed E-state index contributed by atoms with van der Waals surface area (Å²) in [5.74, 6) is 0. The van der Waals surface area contributed by atoms with Crippen LogP contribution in [0.1, 0.15) is 43.9 Å². The average molecular weight is 279 g/mol. The molecule has 2 aromatic rings. The summed E-state index contributed by atoms with van der Waals surface area (Å²) in [5.41, 5.74) is 3.44. The zero-order valence-electron chi connectivity index (χ0n) is 11.8. The molecule has 2 aromatic heterocycles. The van der Waals surface area contributed by atoms with Gasteiger partial charge < -0.3 is 5.32 Å². The molecule has 0 spiro atoms. The predicted molar refractivity (Wildman–Crippen MR) is 77.3 cm³/mol. The molecule has 0 aliphatic rings. The Kier molecular flexibility index (Phi) is 5.04. The van der Waals surface area contributed by atoms with Crippen LogP contribution in [0.4, 0.5) is 0 Å². The second-order valence-electron chi connectivity index (χ2n) is 4.44. The minimum atomic E-state index is 0.218. The molecule has 2 heterocycles. The molecule has 0 aliphatic heterocycles. The van der Waals surface area contributed by atoms with Gasteiger partial charge in [0.1, 0.15) is 0 Å². The summed E-state index contributed by atoms with van der Waals surface area (Å²) in [6, 6.07) is 2.42. The molecule has 0 bridgehead atoms. The first-order valence-corrected chi connectivity index (χ1v) is 7.68. The standard InChI is InChI=1S/C13H21N5S/c1-4-10-7-11(18(6-3)16-10)8-12(14-5-2)13-9-19-17-15-13/h7,9,12,14H,4-6,8H2,1-3H3. The molecule has 1 atom stereocenters. The van der Waals surface area contributed by atoms with Crippen LogP contribution in [0.2, 0.25) is 0 Å². The van der Waals surface area contributed by atoms with Crippen LogP contribution in [-0.4, -0.2) is 25.9 Å². The summed E-state index contributed by atoms with van der Waals surface area (Å²) in [5, 5.41) is 14.3. The highest BCUT2D eigenvalue weighted by Crippen LogP contribution is 2.18. The van der Waals surface area contributed by atoms with Gasteiger partial charge in [0.25, 0.3) is 0 Å². The normalized spacial score (nSPS) is 12.8. The highest BCUT2D eigenvalue weighted by atomic mass is 32.1. The predicted octanol–water partition coefficient (Wildman–Crippen LogP) is 2.21. The quantitative estimate of drug-likeness (QED) is 0.844. The van der Waals surface area contributed by atoms with Gasteiger partial charge in [0.05, 0.1) is 17.4 Å². The number of nitrogens with zero attached hydrogens (tertiary/aromatic N) is 4. The van der Waals surface area contributed by atoms with Gasteiger partial charge in [0.2, 0.25) is 0 Å². The largest absolute Gasteiger partial charge is 0.309 e. The molecular formula is C13H21N5S. The minimum Gasteiger partial charge on any atom is -0.309 e. The first kappa shape index (κ1) is 14.1. The number of nitrogens with one attached hydrogen (secondary N) is 1. The summed E-state index contributed by atoms with van der Waals surface area (Å²) in [4.78, 5) is 0. The molecule has 0 saturated carbocycles. The Morgan fingerprint density at radius 3 is 2.79 bits per heavy atom. The second kappa shape index (κ2) is 6.77. The van der Waals surface area contributed by atoms with E-state index < -0.39 is 0 Å². The van der Waals surface area contributed by atoms with Crippen LogP contribution in [0.5, 0.6) is 0 Å². The van der Waals surface area contributed by atoms with E-state index >= 15 is 0 Å². The summed E-state index contributed by atoms with van der Waals surface area (Å²) in [6.07, 6.45) is 1.88. The van der Waals surface area contributed by atoms with Gasteiger partial charge in [-0.1, -0.05) is 18.3 Å². The molecule has 1 N–H and O–H groups in total. The van der Waals surface area contributed by atoms with E-state index in [2.05, 4.69) is 51.5 Å². The Morgan fingerprint density at radius 2 is 2.21 bits per heavy atom. The number of likely N-dealkylation sites (N-methyl/N-ethyl adjacent to an activating group) is 1. The third-order valence-electron chi connectivity index (χ3n) is 3.17. The van der Waals surface area contributed by atoms with Gasteiger partial charge in [-0.15, -0.1) is 5.10 Å². The summed E-state index contributed by atoms with van der Waals surface area (Å²) in [7, 11) is 0. The van der Waals surface area contributed by atoms with Crippen molar-refractivity contribution in [3.63, 3.8) is 0 Å². The van der Waals surface area contributed by atoms with Gasteiger partial charge in [0.15, 0.2) is 0 Å². The molecule has 1 unspecified atom stereocenters. The maximum absolute atomic E-state index is 4.60.